The molecule has 2 rings (SSSR count). The van der Waals surface area contributed by atoms with Crippen molar-refractivity contribution in [3.63, 3.8) is 0 Å². The van der Waals surface area contributed by atoms with Crippen LogP contribution in [0.3, 0.4) is 0 Å². The van der Waals surface area contributed by atoms with Gasteiger partial charge in [0.2, 0.25) is 0 Å². The third-order valence-corrected chi connectivity index (χ3v) is 6.34. The Hall–Kier alpha value is -0.700. The zero-order chi connectivity index (χ0) is 13.3. The lowest BCUT2D eigenvalue weighted by atomic mass is 10.2. The zero-order valence-corrected chi connectivity index (χ0v) is 12.1. The second kappa shape index (κ2) is 5.12. The summed E-state index contributed by atoms with van der Waals surface area (Å²) in [4.78, 5) is 3.97. The Labute approximate surface area is 111 Å². The quantitative estimate of drug-likeness (QED) is 0.891. The summed E-state index contributed by atoms with van der Waals surface area (Å²) in [6, 6.07) is 0. The molecule has 1 saturated heterocycles. The summed E-state index contributed by atoms with van der Waals surface area (Å²) in [5.74, 6) is 0. The first kappa shape index (κ1) is 13.7. The third-order valence-electron chi connectivity index (χ3n) is 2.90. The minimum Gasteiger partial charge on any atom is -0.375 e. The van der Waals surface area contributed by atoms with Gasteiger partial charge in [-0.25, -0.2) is 13.4 Å². The molecule has 1 aliphatic heterocycles. The van der Waals surface area contributed by atoms with E-state index in [9.17, 15) is 8.42 Å². The van der Waals surface area contributed by atoms with E-state index in [2.05, 4.69) is 4.98 Å². The Morgan fingerprint density at radius 3 is 2.89 bits per heavy atom. The first-order chi connectivity index (χ1) is 8.45. The standard InChI is InChI=1S/C10H17N3O3S2/c1-3-8-6-13(4-5-16-8)18(14,15)9-7(2)12-10(11)17-9/h8H,3-6H2,1-2H3,(H2,11,12). The molecule has 1 fully saturated rings. The Morgan fingerprint density at radius 2 is 2.33 bits per heavy atom. The normalized spacial score (nSPS) is 22.2. The topological polar surface area (TPSA) is 85.5 Å². The van der Waals surface area contributed by atoms with Gasteiger partial charge in [0.15, 0.2) is 9.34 Å². The highest BCUT2D eigenvalue weighted by Gasteiger charge is 2.32. The van der Waals surface area contributed by atoms with Gasteiger partial charge in [0.25, 0.3) is 10.0 Å². The van der Waals surface area contributed by atoms with Gasteiger partial charge in [-0.3, -0.25) is 0 Å². The van der Waals surface area contributed by atoms with Crippen molar-refractivity contribution in [3.8, 4) is 0 Å². The van der Waals surface area contributed by atoms with Gasteiger partial charge in [-0.05, 0) is 13.3 Å². The molecule has 0 spiro atoms. The average molecular weight is 291 g/mol. The number of anilines is 1. The van der Waals surface area contributed by atoms with E-state index in [-0.39, 0.29) is 15.4 Å². The predicted octanol–water partition coefficient (Wildman–Crippen LogP) is 0.833. The Balaban J connectivity index is 2.28. The van der Waals surface area contributed by atoms with Crippen molar-refractivity contribution in [1.82, 2.24) is 9.29 Å². The van der Waals surface area contributed by atoms with E-state index in [0.717, 1.165) is 17.8 Å². The molecule has 2 N–H and O–H groups in total. The molecule has 1 atom stereocenters. The van der Waals surface area contributed by atoms with Crippen LogP contribution in [0.5, 0.6) is 0 Å². The lowest BCUT2D eigenvalue weighted by Crippen LogP contribution is -2.45. The molecule has 1 unspecified atom stereocenters. The van der Waals surface area contributed by atoms with Crippen LogP contribution in [0.15, 0.2) is 4.21 Å². The number of morpholine rings is 1. The first-order valence-corrected chi connectivity index (χ1v) is 8.05. The smallest absolute Gasteiger partial charge is 0.254 e. The van der Waals surface area contributed by atoms with Crippen molar-refractivity contribution in [2.75, 3.05) is 25.4 Å². The van der Waals surface area contributed by atoms with Gasteiger partial charge in [0.1, 0.15) is 0 Å². The molecule has 0 amide bonds. The van der Waals surface area contributed by atoms with Crippen molar-refractivity contribution in [2.24, 2.45) is 0 Å². The van der Waals surface area contributed by atoms with E-state index in [0.29, 0.717) is 25.4 Å². The molecular weight excluding hydrogens is 274 g/mol. The van der Waals surface area contributed by atoms with Gasteiger partial charge >= 0.3 is 0 Å². The molecule has 1 aromatic heterocycles. The highest BCUT2D eigenvalue weighted by molar-refractivity contribution is 7.91. The molecule has 2 heterocycles. The lowest BCUT2D eigenvalue weighted by Gasteiger charge is -2.31. The van der Waals surface area contributed by atoms with E-state index in [1.807, 2.05) is 6.92 Å². The Morgan fingerprint density at radius 1 is 1.61 bits per heavy atom. The highest BCUT2D eigenvalue weighted by atomic mass is 32.2. The second-order valence-electron chi connectivity index (χ2n) is 4.19. The minimum absolute atomic E-state index is 0.0286. The summed E-state index contributed by atoms with van der Waals surface area (Å²) in [6.07, 6.45) is 0.773. The van der Waals surface area contributed by atoms with Crippen LogP contribution in [-0.4, -0.2) is 43.5 Å². The molecule has 0 saturated carbocycles. The number of nitrogens with zero attached hydrogens (tertiary/aromatic N) is 2. The number of aromatic nitrogens is 1. The van der Waals surface area contributed by atoms with Crippen molar-refractivity contribution in [2.45, 2.75) is 30.6 Å². The fourth-order valence-electron chi connectivity index (χ4n) is 1.92. The number of rotatable bonds is 3. The Bertz CT molecular complexity index is 526. The molecule has 1 aliphatic rings. The molecule has 0 bridgehead atoms. The molecule has 6 nitrogen and oxygen atoms in total. The minimum atomic E-state index is -3.49. The van der Waals surface area contributed by atoms with Gasteiger partial charge in [0, 0.05) is 13.1 Å². The van der Waals surface area contributed by atoms with Crippen LogP contribution in [0, 0.1) is 6.92 Å². The summed E-state index contributed by atoms with van der Waals surface area (Å²) in [7, 11) is -3.49. The van der Waals surface area contributed by atoms with Crippen LogP contribution in [-0.2, 0) is 14.8 Å². The largest absolute Gasteiger partial charge is 0.375 e. The number of nitrogens with two attached hydrogens (primary N) is 1. The number of ether oxygens (including phenoxy) is 1. The molecule has 102 valence electrons. The fraction of sp³-hybridized carbons (Fsp3) is 0.700. The summed E-state index contributed by atoms with van der Waals surface area (Å²) in [6.45, 7) is 4.87. The van der Waals surface area contributed by atoms with Crippen LogP contribution >= 0.6 is 11.3 Å². The van der Waals surface area contributed by atoms with E-state index in [1.165, 1.54) is 4.31 Å². The summed E-state index contributed by atoms with van der Waals surface area (Å²) in [5, 5.41) is 0.284. The highest BCUT2D eigenvalue weighted by Crippen LogP contribution is 2.29. The molecule has 18 heavy (non-hydrogen) atoms. The zero-order valence-electron chi connectivity index (χ0n) is 10.4. The maximum Gasteiger partial charge on any atom is 0.254 e. The van der Waals surface area contributed by atoms with E-state index in [1.54, 1.807) is 6.92 Å². The van der Waals surface area contributed by atoms with Crippen molar-refractivity contribution >= 4 is 26.5 Å². The number of hydrogen-bond acceptors (Lipinski definition) is 6. The summed E-state index contributed by atoms with van der Waals surface area (Å²) in [5.41, 5.74) is 6.03. The van der Waals surface area contributed by atoms with Crippen LogP contribution in [0.25, 0.3) is 0 Å². The number of sulfonamides is 1. The van der Waals surface area contributed by atoms with E-state index < -0.39 is 10.0 Å². The van der Waals surface area contributed by atoms with Crippen molar-refractivity contribution in [1.29, 1.82) is 0 Å². The fourth-order valence-corrected chi connectivity index (χ4v) is 4.81. The lowest BCUT2D eigenvalue weighted by molar-refractivity contribution is -0.00273. The Kier molecular flexibility index (Phi) is 3.90. The SMILES string of the molecule is CCC1CN(S(=O)(=O)c2sc(N)nc2C)CCO1. The third kappa shape index (κ3) is 2.51. The molecule has 8 heteroatoms. The van der Waals surface area contributed by atoms with Gasteiger partial charge in [-0.15, -0.1) is 0 Å². The van der Waals surface area contributed by atoms with Crippen molar-refractivity contribution < 1.29 is 13.2 Å². The maximum atomic E-state index is 12.5. The average Bonchev–Trinajstić information content (AvgIpc) is 2.69. The number of thiazole rings is 1. The molecule has 0 aliphatic carbocycles. The molecular formula is C10H17N3O3S2. The number of hydrogen-bond donors (Lipinski definition) is 1. The molecule has 0 radical (unpaired) electrons. The maximum absolute atomic E-state index is 12.5. The van der Waals surface area contributed by atoms with Crippen molar-refractivity contribution in [3.05, 3.63) is 5.69 Å². The van der Waals surface area contributed by atoms with E-state index >= 15 is 0 Å². The van der Waals surface area contributed by atoms with Gasteiger partial charge in [0.05, 0.1) is 18.4 Å². The van der Waals surface area contributed by atoms with Crippen LogP contribution in [0.1, 0.15) is 19.0 Å². The van der Waals surface area contributed by atoms with Gasteiger partial charge in [-0.2, -0.15) is 4.31 Å². The number of nitrogen functional groups attached to an aromatic ring is 1. The summed E-state index contributed by atoms with van der Waals surface area (Å²) >= 11 is 1.02. The van der Waals surface area contributed by atoms with Gasteiger partial charge < -0.3 is 10.5 Å². The first-order valence-electron chi connectivity index (χ1n) is 5.79. The van der Waals surface area contributed by atoms with E-state index in [4.69, 9.17) is 10.5 Å². The van der Waals surface area contributed by atoms with Crippen LogP contribution < -0.4 is 5.73 Å². The van der Waals surface area contributed by atoms with Crippen LogP contribution in [0.4, 0.5) is 5.13 Å². The molecule has 1 aromatic rings. The summed E-state index contributed by atoms with van der Waals surface area (Å²) < 4.78 is 32.1. The van der Waals surface area contributed by atoms with Crippen LogP contribution in [0.2, 0.25) is 0 Å². The number of aryl methyl sites for hydroxylation is 1. The predicted molar refractivity (Wildman–Crippen MR) is 70.1 cm³/mol. The monoisotopic (exact) mass is 291 g/mol. The second-order valence-corrected chi connectivity index (χ2v) is 7.35. The van der Waals surface area contributed by atoms with Gasteiger partial charge in [-0.1, -0.05) is 18.3 Å². The molecule has 0 aromatic carbocycles.